The molecule has 5 heteroatoms. The molecule has 1 aromatic heterocycles. The molecule has 0 saturated carbocycles. The predicted molar refractivity (Wildman–Crippen MR) is 113 cm³/mol. The molecule has 5 nitrogen and oxygen atoms in total. The zero-order valence-electron chi connectivity index (χ0n) is 17.0. The fourth-order valence-electron chi connectivity index (χ4n) is 3.10. The van der Waals surface area contributed by atoms with Gasteiger partial charge in [0, 0.05) is 63.4 Å². The minimum Gasteiger partial charge on any atom is -0.384 e. The zero-order chi connectivity index (χ0) is 19.6. The summed E-state index contributed by atoms with van der Waals surface area (Å²) in [5.74, 6) is 0.161. The molecule has 0 spiro atoms. The Morgan fingerprint density at radius 1 is 1.11 bits per heavy atom. The van der Waals surface area contributed by atoms with Crippen LogP contribution in [0.5, 0.6) is 0 Å². The van der Waals surface area contributed by atoms with Gasteiger partial charge in [-0.3, -0.25) is 9.78 Å². The first-order chi connectivity index (χ1) is 13.0. The van der Waals surface area contributed by atoms with Crippen molar-refractivity contribution in [3.63, 3.8) is 0 Å². The molecule has 0 aliphatic rings. The van der Waals surface area contributed by atoms with Crippen LogP contribution in [0.3, 0.4) is 0 Å². The molecule has 1 amide bonds. The van der Waals surface area contributed by atoms with Crippen molar-refractivity contribution in [1.29, 1.82) is 0 Å². The lowest BCUT2D eigenvalue weighted by molar-refractivity contribution is -0.129. The average Bonchev–Trinajstić information content (AvgIpc) is 2.69. The summed E-state index contributed by atoms with van der Waals surface area (Å²) in [6.45, 7) is 9.82. The topological polar surface area (TPSA) is 48.5 Å². The fraction of sp³-hybridized carbons (Fsp3) is 0.455. The van der Waals surface area contributed by atoms with Crippen LogP contribution in [0.25, 0.3) is 0 Å². The first kappa shape index (κ1) is 20.7. The van der Waals surface area contributed by atoms with Crippen molar-refractivity contribution >= 4 is 17.3 Å². The van der Waals surface area contributed by atoms with Gasteiger partial charge in [-0.2, -0.15) is 0 Å². The second kappa shape index (κ2) is 10.6. The van der Waals surface area contributed by atoms with Crippen LogP contribution in [0.2, 0.25) is 0 Å². The Morgan fingerprint density at radius 3 is 2.44 bits per heavy atom. The standard InChI is InChI=1S/C22H32N4O/c1-5-26(6-2)20-7-8-21(18(3)17-20)24-15-11-22(27)25(4)16-12-19-9-13-23-14-10-19/h7-10,13-14,17,24H,5-6,11-12,15-16H2,1-4H3. The summed E-state index contributed by atoms with van der Waals surface area (Å²) in [5.41, 5.74) is 4.75. The Morgan fingerprint density at radius 2 is 1.81 bits per heavy atom. The molecule has 0 bridgehead atoms. The summed E-state index contributed by atoms with van der Waals surface area (Å²) >= 11 is 0. The normalized spacial score (nSPS) is 10.5. The second-order valence-corrected chi connectivity index (χ2v) is 6.77. The molecule has 0 aliphatic heterocycles. The number of likely N-dealkylation sites (N-methyl/N-ethyl adjacent to an activating group) is 1. The van der Waals surface area contributed by atoms with Crippen LogP contribution in [0, 0.1) is 6.92 Å². The highest BCUT2D eigenvalue weighted by Crippen LogP contribution is 2.22. The molecule has 0 fully saturated rings. The molecule has 1 aromatic carbocycles. The maximum absolute atomic E-state index is 12.3. The first-order valence-electron chi connectivity index (χ1n) is 9.77. The number of hydrogen-bond donors (Lipinski definition) is 1. The van der Waals surface area contributed by atoms with E-state index in [4.69, 9.17) is 0 Å². The summed E-state index contributed by atoms with van der Waals surface area (Å²) < 4.78 is 0. The van der Waals surface area contributed by atoms with E-state index in [0.717, 1.165) is 31.7 Å². The fourth-order valence-corrected chi connectivity index (χ4v) is 3.10. The molecule has 146 valence electrons. The Kier molecular flexibility index (Phi) is 8.11. The lowest BCUT2D eigenvalue weighted by Gasteiger charge is -2.22. The van der Waals surface area contributed by atoms with E-state index in [1.807, 2.05) is 19.2 Å². The van der Waals surface area contributed by atoms with E-state index in [1.54, 1.807) is 17.3 Å². The lowest BCUT2D eigenvalue weighted by atomic mass is 10.1. The van der Waals surface area contributed by atoms with Crippen molar-refractivity contribution in [2.45, 2.75) is 33.6 Å². The number of nitrogens with one attached hydrogen (secondary N) is 1. The first-order valence-corrected chi connectivity index (χ1v) is 9.77. The Hall–Kier alpha value is -2.56. The molecule has 1 N–H and O–H groups in total. The highest BCUT2D eigenvalue weighted by molar-refractivity contribution is 5.76. The van der Waals surface area contributed by atoms with E-state index in [1.165, 1.54) is 16.8 Å². The van der Waals surface area contributed by atoms with Gasteiger partial charge in [-0.1, -0.05) is 0 Å². The van der Waals surface area contributed by atoms with Crippen LogP contribution < -0.4 is 10.2 Å². The van der Waals surface area contributed by atoms with E-state index < -0.39 is 0 Å². The maximum Gasteiger partial charge on any atom is 0.224 e. The van der Waals surface area contributed by atoms with Crippen molar-refractivity contribution in [3.05, 3.63) is 53.9 Å². The van der Waals surface area contributed by atoms with E-state index >= 15 is 0 Å². The molecular weight excluding hydrogens is 336 g/mol. The van der Waals surface area contributed by atoms with Crippen molar-refractivity contribution in [2.24, 2.45) is 0 Å². The molecule has 0 radical (unpaired) electrons. The number of rotatable bonds is 10. The van der Waals surface area contributed by atoms with E-state index in [9.17, 15) is 4.79 Å². The number of amides is 1. The molecule has 0 saturated heterocycles. The summed E-state index contributed by atoms with van der Waals surface area (Å²) in [4.78, 5) is 20.5. The van der Waals surface area contributed by atoms with Crippen molar-refractivity contribution < 1.29 is 4.79 Å². The molecule has 27 heavy (non-hydrogen) atoms. The summed E-state index contributed by atoms with van der Waals surface area (Å²) in [5, 5.41) is 3.40. The molecule has 2 aromatic rings. The number of aryl methyl sites for hydroxylation is 1. The minimum atomic E-state index is 0.161. The number of nitrogens with zero attached hydrogens (tertiary/aromatic N) is 3. The van der Waals surface area contributed by atoms with Gasteiger partial charge >= 0.3 is 0 Å². The number of carbonyl (C=O) groups excluding carboxylic acids is 1. The van der Waals surface area contributed by atoms with Crippen molar-refractivity contribution in [2.75, 3.05) is 43.4 Å². The smallest absolute Gasteiger partial charge is 0.224 e. The number of benzene rings is 1. The maximum atomic E-state index is 12.3. The molecule has 0 unspecified atom stereocenters. The van der Waals surface area contributed by atoms with Crippen LogP contribution in [0.4, 0.5) is 11.4 Å². The van der Waals surface area contributed by atoms with E-state index in [0.29, 0.717) is 13.0 Å². The minimum absolute atomic E-state index is 0.161. The van der Waals surface area contributed by atoms with Crippen molar-refractivity contribution in [3.8, 4) is 0 Å². The third-order valence-corrected chi connectivity index (χ3v) is 4.90. The molecule has 2 rings (SSSR count). The van der Waals surface area contributed by atoms with Gasteiger partial charge in [-0.15, -0.1) is 0 Å². The summed E-state index contributed by atoms with van der Waals surface area (Å²) in [6, 6.07) is 10.4. The van der Waals surface area contributed by atoms with Crippen molar-refractivity contribution in [1.82, 2.24) is 9.88 Å². The highest BCUT2D eigenvalue weighted by Gasteiger charge is 2.09. The van der Waals surface area contributed by atoms with Gasteiger partial charge in [0.2, 0.25) is 5.91 Å². The zero-order valence-corrected chi connectivity index (χ0v) is 17.0. The highest BCUT2D eigenvalue weighted by atomic mass is 16.2. The van der Waals surface area contributed by atoms with Gasteiger partial charge in [-0.25, -0.2) is 0 Å². The molecule has 1 heterocycles. The van der Waals surface area contributed by atoms with Crippen LogP contribution >= 0.6 is 0 Å². The largest absolute Gasteiger partial charge is 0.384 e. The quantitative estimate of drug-likeness (QED) is 0.694. The SMILES string of the molecule is CCN(CC)c1ccc(NCCC(=O)N(C)CCc2ccncc2)c(C)c1. The molecular formula is C22H32N4O. The van der Waals surface area contributed by atoms with Gasteiger partial charge in [0.1, 0.15) is 0 Å². The molecule has 0 atom stereocenters. The third kappa shape index (κ3) is 6.27. The monoisotopic (exact) mass is 368 g/mol. The Bertz CT molecular complexity index is 714. The van der Waals surface area contributed by atoms with Gasteiger partial charge in [0.05, 0.1) is 0 Å². The van der Waals surface area contributed by atoms with Crippen LogP contribution in [-0.2, 0) is 11.2 Å². The predicted octanol–water partition coefficient (Wildman–Crippen LogP) is 3.74. The second-order valence-electron chi connectivity index (χ2n) is 6.77. The number of hydrogen-bond acceptors (Lipinski definition) is 4. The van der Waals surface area contributed by atoms with E-state index in [2.05, 4.69) is 54.2 Å². The van der Waals surface area contributed by atoms with Gasteiger partial charge in [-0.05, 0) is 68.7 Å². The summed E-state index contributed by atoms with van der Waals surface area (Å²) in [6.07, 6.45) is 4.91. The Labute approximate surface area is 163 Å². The lowest BCUT2D eigenvalue weighted by Crippen LogP contribution is -2.30. The molecule has 0 aliphatic carbocycles. The Balaban J connectivity index is 1.78. The van der Waals surface area contributed by atoms with Crippen LogP contribution in [0.1, 0.15) is 31.4 Å². The number of carbonyl (C=O) groups is 1. The summed E-state index contributed by atoms with van der Waals surface area (Å²) in [7, 11) is 1.87. The van der Waals surface area contributed by atoms with Gasteiger partial charge in [0.25, 0.3) is 0 Å². The van der Waals surface area contributed by atoms with E-state index in [-0.39, 0.29) is 5.91 Å². The van der Waals surface area contributed by atoms with Gasteiger partial charge < -0.3 is 15.1 Å². The van der Waals surface area contributed by atoms with Gasteiger partial charge in [0.15, 0.2) is 0 Å². The average molecular weight is 369 g/mol. The van der Waals surface area contributed by atoms with Crippen LogP contribution in [0.15, 0.2) is 42.7 Å². The number of aromatic nitrogens is 1. The number of pyridine rings is 1. The van der Waals surface area contributed by atoms with Crippen LogP contribution in [-0.4, -0.2) is 49.0 Å². The number of anilines is 2. The third-order valence-electron chi connectivity index (χ3n) is 4.90.